The maximum absolute atomic E-state index is 13.2. The Morgan fingerprint density at radius 2 is 1.84 bits per heavy atom. The first kappa shape index (κ1) is 21.5. The van der Waals surface area contributed by atoms with E-state index in [9.17, 15) is 23.1 Å². The molecule has 3 N–H and O–H groups in total. The van der Waals surface area contributed by atoms with E-state index in [1.54, 1.807) is 12.1 Å². The minimum absolute atomic E-state index is 0.0659. The Morgan fingerprint density at radius 1 is 1.19 bits per heavy atom. The van der Waals surface area contributed by atoms with Gasteiger partial charge in [0.2, 0.25) is 11.8 Å². The number of hydrogen-bond donors (Lipinski definition) is 3. The fourth-order valence-electron chi connectivity index (χ4n) is 6.65. The van der Waals surface area contributed by atoms with Crippen LogP contribution in [0.1, 0.15) is 50.5 Å². The van der Waals surface area contributed by atoms with Crippen molar-refractivity contribution >= 4 is 21.8 Å². The van der Waals surface area contributed by atoms with E-state index in [1.165, 1.54) is 24.5 Å². The predicted molar refractivity (Wildman–Crippen MR) is 116 cm³/mol. The molecular formula is C23H29N3O5S. The number of carbonyl (C=O) groups excluding carboxylic acids is 2. The highest BCUT2D eigenvalue weighted by Crippen LogP contribution is 2.57. The number of carbonyl (C=O) groups is 2. The average Bonchev–Trinajstić information content (AvgIpc) is 2.67. The second kappa shape index (κ2) is 7.31. The molecule has 172 valence electrons. The molecule has 1 aromatic carbocycles. The third kappa shape index (κ3) is 3.71. The quantitative estimate of drug-likeness (QED) is 0.618. The lowest BCUT2D eigenvalue weighted by Gasteiger charge is -2.60. The van der Waals surface area contributed by atoms with Gasteiger partial charge in [-0.3, -0.25) is 13.9 Å². The van der Waals surface area contributed by atoms with Crippen molar-refractivity contribution in [2.75, 3.05) is 0 Å². The Kier molecular flexibility index (Phi) is 4.90. The number of hydrogen-bond acceptors (Lipinski definition) is 5. The SMILES string of the molecule is Cc1ccc(S(=O)(=O)N2C=CNC(=O)[C@H]2CC(=O)N[C@]23C[C@@H]4C[C@@H](CC(O)(C4)C2)C3)cc1. The average molecular weight is 460 g/mol. The molecule has 1 aromatic rings. The van der Waals surface area contributed by atoms with E-state index in [2.05, 4.69) is 10.6 Å². The van der Waals surface area contributed by atoms with E-state index in [0.29, 0.717) is 18.3 Å². The summed E-state index contributed by atoms with van der Waals surface area (Å²) in [6.45, 7) is 1.86. The van der Waals surface area contributed by atoms with Crippen LogP contribution < -0.4 is 10.6 Å². The summed E-state index contributed by atoms with van der Waals surface area (Å²) < 4.78 is 27.4. The lowest BCUT2D eigenvalue weighted by Crippen LogP contribution is -2.66. The van der Waals surface area contributed by atoms with Crippen molar-refractivity contribution in [1.82, 2.24) is 14.9 Å². The number of rotatable bonds is 5. The first-order valence-electron chi connectivity index (χ1n) is 11.2. The Hall–Kier alpha value is -2.39. The molecule has 4 fully saturated rings. The van der Waals surface area contributed by atoms with Crippen LogP contribution in [0.25, 0.3) is 0 Å². The molecule has 2 amide bonds. The van der Waals surface area contributed by atoms with Crippen LogP contribution in [0.4, 0.5) is 0 Å². The van der Waals surface area contributed by atoms with Gasteiger partial charge >= 0.3 is 0 Å². The van der Waals surface area contributed by atoms with Crippen molar-refractivity contribution < 1.29 is 23.1 Å². The molecule has 0 spiro atoms. The van der Waals surface area contributed by atoms with Crippen molar-refractivity contribution in [1.29, 1.82) is 0 Å². The van der Waals surface area contributed by atoms with Gasteiger partial charge in [0.1, 0.15) is 6.04 Å². The van der Waals surface area contributed by atoms with E-state index < -0.39 is 33.1 Å². The van der Waals surface area contributed by atoms with Gasteiger partial charge in [-0.15, -0.1) is 0 Å². The normalized spacial score (nSPS) is 35.6. The van der Waals surface area contributed by atoms with Gasteiger partial charge in [0, 0.05) is 17.9 Å². The first-order valence-corrected chi connectivity index (χ1v) is 12.6. The summed E-state index contributed by atoms with van der Waals surface area (Å²) in [5.74, 6) is -0.0978. The van der Waals surface area contributed by atoms with Crippen molar-refractivity contribution in [3.63, 3.8) is 0 Å². The van der Waals surface area contributed by atoms with Gasteiger partial charge in [-0.25, -0.2) is 8.42 Å². The standard InChI is InChI=1S/C23H29N3O5S/c1-15-2-4-18(5-3-15)32(30,31)26-7-6-24-21(28)19(26)9-20(27)25-22-10-16-8-17(11-22)13-23(29,12-16)14-22/h2-7,16-17,19,29H,8-14H2,1H3,(H,24,28)(H,25,27)/t16-,17+,19-,22-,23?/m1/s1. The number of sulfonamides is 1. The number of benzene rings is 1. The molecule has 1 heterocycles. The zero-order chi connectivity index (χ0) is 22.7. The Morgan fingerprint density at radius 3 is 2.47 bits per heavy atom. The van der Waals surface area contributed by atoms with Crippen LogP contribution in [0.15, 0.2) is 41.6 Å². The Balaban J connectivity index is 1.35. The van der Waals surface area contributed by atoms with E-state index in [-0.39, 0.29) is 17.2 Å². The van der Waals surface area contributed by atoms with Crippen LogP contribution in [-0.2, 0) is 19.6 Å². The molecule has 6 rings (SSSR count). The lowest BCUT2D eigenvalue weighted by molar-refractivity contribution is -0.151. The van der Waals surface area contributed by atoms with E-state index in [1.807, 2.05) is 6.92 Å². The van der Waals surface area contributed by atoms with Crippen molar-refractivity contribution in [2.24, 2.45) is 11.8 Å². The fourth-order valence-corrected chi connectivity index (χ4v) is 8.10. The molecule has 1 aliphatic heterocycles. The van der Waals surface area contributed by atoms with Crippen LogP contribution in [0.2, 0.25) is 0 Å². The second-order valence-electron chi connectivity index (χ2n) is 10.2. The zero-order valence-corrected chi connectivity index (χ0v) is 18.9. The molecule has 0 aromatic heterocycles. The molecule has 4 bridgehead atoms. The van der Waals surface area contributed by atoms with E-state index in [0.717, 1.165) is 42.0 Å². The van der Waals surface area contributed by atoms with Gasteiger partial charge in [-0.05, 0) is 69.4 Å². The largest absolute Gasteiger partial charge is 0.390 e. The second-order valence-corrected chi connectivity index (χ2v) is 12.0. The molecule has 4 aliphatic carbocycles. The summed E-state index contributed by atoms with van der Waals surface area (Å²) in [6, 6.07) is 5.21. The summed E-state index contributed by atoms with van der Waals surface area (Å²) >= 11 is 0. The summed E-state index contributed by atoms with van der Waals surface area (Å²) in [7, 11) is -4.00. The zero-order valence-electron chi connectivity index (χ0n) is 18.1. The number of amides is 2. The maximum atomic E-state index is 13.2. The molecule has 5 atom stereocenters. The molecule has 0 saturated heterocycles. The summed E-state index contributed by atoms with van der Waals surface area (Å²) in [5.41, 5.74) is -0.259. The van der Waals surface area contributed by atoms with Gasteiger partial charge in [-0.1, -0.05) is 17.7 Å². The molecule has 1 unspecified atom stereocenters. The lowest BCUT2D eigenvalue weighted by atomic mass is 9.51. The van der Waals surface area contributed by atoms with Crippen LogP contribution in [-0.4, -0.2) is 46.8 Å². The van der Waals surface area contributed by atoms with Crippen LogP contribution >= 0.6 is 0 Å². The van der Waals surface area contributed by atoms with Gasteiger partial charge in [0.05, 0.1) is 16.9 Å². The third-order valence-corrected chi connectivity index (χ3v) is 9.27. The molecule has 0 radical (unpaired) electrons. The minimum atomic E-state index is -4.00. The van der Waals surface area contributed by atoms with Gasteiger partial charge in [0.15, 0.2) is 0 Å². The summed E-state index contributed by atoms with van der Waals surface area (Å²) in [6.07, 6.45) is 7.16. The number of nitrogens with one attached hydrogen (secondary N) is 2. The number of nitrogens with zero attached hydrogens (tertiary/aromatic N) is 1. The minimum Gasteiger partial charge on any atom is -0.390 e. The van der Waals surface area contributed by atoms with Crippen molar-refractivity contribution in [3.05, 3.63) is 42.2 Å². The molecule has 5 aliphatic rings. The molecule has 8 nitrogen and oxygen atoms in total. The fraction of sp³-hybridized carbons (Fsp3) is 0.565. The molecule has 9 heteroatoms. The Bertz CT molecular complexity index is 1070. The van der Waals surface area contributed by atoms with Crippen LogP contribution in [0.3, 0.4) is 0 Å². The predicted octanol–water partition coefficient (Wildman–Crippen LogP) is 1.55. The topological polar surface area (TPSA) is 116 Å². The van der Waals surface area contributed by atoms with Gasteiger partial charge < -0.3 is 15.7 Å². The van der Waals surface area contributed by atoms with Crippen molar-refractivity contribution in [3.8, 4) is 0 Å². The summed E-state index contributed by atoms with van der Waals surface area (Å²) in [4.78, 5) is 25.7. The van der Waals surface area contributed by atoms with Crippen LogP contribution in [0.5, 0.6) is 0 Å². The number of aliphatic hydroxyl groups is 1. The highest BCUT2D eigenvalue weighted by Gasteiger charge is 2.57. The summed E-state index contributed by atoms with van der Waals surface area (Å²) in [5, 5.41) is 16.6. The third-order valence-electron chi connectivity index (χ3n) is 7.47. The van der Waals surface area contributed by atoms with E-state index >= 15 is 0 Å². The maximum Gasteiger partial charge on any atom is 0.264 e. The Labute approximate surface area is 188 Å². The van der Waals surface area contributed by atoms with Gasteiger partial charge in [-0.2, -0.15) is 0 Å². The molecular weight excluding hydrogens is 430 g/mol. The smallest absolute Gasteiger partial charge is 0.264 e. The van der Waals surface area contributed by atoms with Crippen LogP contribution in [0, 0.1) is 18.8 Å². The first-order chi connectivity index (χ1) is 15.1. The monoisotopic (exact) mass is 459 g/mol. The van der Waals surface area contributed by atoms with E-state index in [4.69, 9.17) is 0 Å². The molecule has 32 heavy (non-hydrogen) atoms. The highest BCUT2D eigenvalue weighted by molar-refractivity contribution is 7.89. The van der Waals surface area contributed by atoms with Gasteiger partial charge in [0.25, 0.3) is 10.0 Å². The molecule has 4 saturated carbocycles. The highest BCUT2D eigenvalue weighted by atomic mass is 32.2. The van der Waals surface area contributed by atoms with Crippen molar-refractivity contribution in [2.45, 2.75) is 73.9 Å². The number of aryl methyl sites for hydroxylation is 1.